The maximum atomic E-state index is 5.96. The number of hydrogen-bond donors (Lipinski definition) is 1. The number of likely N-dealkylation sites (tertiary alicyclic amines) is 1. The summed E-state index contributed by atoms with van der Waals surface area (Å²) in [6.45, 7) is 13.0. The highest BCUT2D eigenvalue weighted by atomic mass is 28.3. The number of hydrogen-bond acceptors (Lipinski definition) is 5. The molecule has 0 aliphatic carbocycles. The van der Waals surface area contributed by atoms with Gasteiger partial charge in [-0.2, -0.15) is 5.10 Å². The lowest BCUT2D eigenvalue weighted by Crippen LogP contribution is -2.55. The fourth-order valence-electron chi connectivity index (χ4n) is 4.79. The van der Waals surface area contributed by atoms with Crippen molar-refractivity contribution in [3.63, 3.8) is 0 Å². The van der Waals surface area contributed by atoms with E-state index in [4.69, 9.17) is 9.84 Å². The van der Waals surface area contributed by atoms with Gasteiger partial charge in [-0.1, -0.05) is 19.6 Å². The molecule has 2 aliphatic heterocycles. The van der Waals surface area contributed by atoms with Crippen LogP contribution in [0, 0.1) is 0 Å². The van der Waals surface area contributed by atoms with Crippen LogP contribution in [0.15, 0.2) is 36.9 Å². The number of rotatable bonds is 8. The second kappa shape index (κ2) is 9.09. The number of nitrogens with zero attached hydrogens (tertiary/aromatic N) is 5. The van der Waals surface area contributed by atoms with Gasteiger partial charge in [-0.05, 0) is 49.7 Å². The molecule has 0 atom stereocenters. The van der Waals surface area contributed by atoms with Crippen LogP contribution in [-0.4, -0.2) is 71.1 Å². The Hall–Kier alpha value is -2.00. The minimum atomic E-state index is -1.07. The van der Waals surface area contributed by atoms with E-state index in [0.29, 0.717) is 12.8 Å². The molecule has 5 heterocycles. The number of fused-ring (bicyclic) bond motifs is 1. The molecule has 0 unspecified atom stereocenters. The van der Waals surface area contributed by atoms with Crippen LogP contribution in [0.4, 0.5) is 0 Å². The van der Waals surface area contributed by atoms with Crippen molar-refractivity contribution in [3.8, 4) is 11.1 Å². The van der Waals surface area contributed by atoms with Gasteiger partial charge in [0.2, 0.25) is 0 Å². The Morgan fingerprint density at radius 1 is 1.12 bits per heavy atom. The average Bonchev–Trinajstić information content (AvgIpc) is 3.38. The van der Waals surface area contributed by atoms with E-state index >= 15 is 0 Å². The van der Waals surface area contributed by atoms with Crippen LogP contribution in [-0.2, 0) is 11.5 Å². The lowest BCUT2D eigenvalue weighted by molar-refractivity contribution is 0.0390. The van der Waals surface area contributed by atoms with Gasteiger partial charge in [0, 0.05) is 63.4 Å². The standard InChI is InChI=1S/C24H36N6OSi/c1-32(2,3)13-12-31-18-28-11-7-23-22(6-10-26-24(23)28)19-14-27-30(15-19)21-16-29(17-21)20-4-8-25-9-5-20/h6-7,10-11,14-15,20-21,25H,4-5,8-9,12-13,16-18H2,1-3H3. The summed E-state index contributed by atoms with van der Waals surface area (Å²) in [5, 5.41) is 9.34. The third kappa shape index (κ3) is 4.68. The summed E-state index contributed by atoms with van der Waals surface area (Å²) >= 11 is 0. The summed E-state index contributed by atoms with van der Waals surface area (Å²) in [4.78, 5) is 7.26. The summed E-state index contributed by atoms with van der Waals surface area (Å²) in [5.74, 6) is 0. The summed E-state index contributed by atoms with van der Waals surface area (Å²) < 4.78 is 10.2. The Morgan fingerprint density at radius 2 is 1.94 bits per heavy atom. The fraction of sp³-hybridized carbons (Fsp3) is 0.583. The Balaban J connectivity index is 1.25. The lowest BCUT2D eigenvalue weighted by atomic mass is 9.98. The van der Waals surface area contributed by atoms with Gasteiger partial charge in [0.25, 0.3) is 0 Å². The summed E-state index contributed by atoms with van der Waals surface area (Å²) in [5.41, 5.74) is 3.33. The van der Waals surface area contributed by atoms with Gasteiger partial charge in [-0.3, -0.25) is 9.58 Å². The van der Waals surface area contributed by atoms with Crippen molar-refractivity contribution in [1.29, 1.82) is 0 Å². The first kappa shape index (κ1) is 21.8. The quantitative estimate of drug-likeness (QED) is 0.416. The van der Waals surface area contributed by atoms with Crippen molar-refractivity contribution >= 4 is 19.1 Å². The first-order chi connectivity index (χ1) is 15.5. The van der Waals surface area contributed by atoms with Crippen LogP contribution in [0.2, 0.25) is 25.7 Å². The number of ether oxygens (including phenoxy) is 1. The van der Waals surface area contributed by atoms with E-state index in [1.54, 1.807) is 0 Å². The van der Waals surface area contributed by atoms with Crippen LogP contribution in [0.3, 0.4) is 0 Å². The summed E-state index contributed by atoms with van der Waals surface area (Å²) in [6, 6.07) is 6.66. The first-order valence-electron chi connectivity index (χ1n) is 12.0. The largest absolute Gasteiger partial charge is 0.361 e. The number of nitrogens with one attached hydrogen (secondary N) is 1. The van der Waals surface area contributed by atoms with Crippen LogP contribution < -0.4 is 5.32 Å². The van der Waals surface area contributed by atoms with E-state index in [1.807, 2.05) is 12.4 Å². The smallest absolute Gasteiger partial charge is 0.142 e. The molecule has 3 aromatic rings. The van der Waals surface area contributed by atoms with Crippen LogP contribution in [0.1, 0.15) is 18.9 Å². The minimum absolute atomic E-state index is 0.486. The van der Waals surface area contributed by atoms with Gasteiger partial charge in [0.1, 0.15) is 12.4 Å². The molecule has 0 spiro atoms. The van der Waals surface area contributed by atoms with Gasteiger partial charge in [-0.15, -0.1) is 0 Å². The third-order valence-electron chi connectivity index (χ3n) is 6.89. The zero-order valence-corrected chi connectivity index (χ0v) is 20.6. The van der Waals surface area contributed by atoms with E-state index in [0.717, 1.165) is 55.4 Å². The monoisotopic (exact) mass is 452 g/mol. The maximum absolute atomic E-state index is 5.96. The van der Waals surface area contributed by atoms with E-state index in [9.17, 15) is 0 Å². The predicted molar refractivity (Wildman–Crippen MR) is 132 cm³/mol. The van der Waals surface area contributed by atoms with Crippen molar-refractivity contribution in [2.75, 3.05) is 32.8 Å². The average molecular weight is 453 g/mol. The highest BCUT2D eigenvalue weighted by Gasteiger charge is 2.34. The van der Waals surface area contributed by atoms with Gasteiger partial charge in [0.05, 0.1) is 12.2 Å². The molecular formula is C24H36N6OSi. The Bertz CT molecular complexity index is 1040. The highest BCUT2D eigenvalue weighted by Crippen LogP contribution is 2.31. The van der Waals surface area contributed by atoms with Gasteiger partial charge in [-0.25, -0.2) is 4.98 Å². The number of aromatic nitrogens is 4. The third-order valence-corrected chi connectivity index (χ3v) is 8.60. The Morgan fingerprint density at radius 3 is 2.72 bits per heavy atom. The maximum Gasteiger partial charge on any atom is 0.142 e. The second-order valence-electron chi connectivity index (χ2n) is 10.5. The van der Waals surface area contributed by atoms with E-state index in [2.05, 4.69) is 68.6 Å². The SMILES string of the molecule is C[Si](C)(C)CCOCn1ccc2c(-c3cnn(C4CN(C5CCNCC5)C4)c3)ccnc21. The zero-order chi connectivity index (χ0) is 22.1. The van der Waals surface area contributed by atoms with Crippen molar-refractivity contribution in [1.82, 2.24) is 29.5 Å². The summed E-state index contributed by atoms with van der Waals surface area (Å²) in [6.07, 6.45) is 10.7. The highest BCUT2D eigenvalue weighted by molar-refractivity contribution is 6.76. The molecule has 172 valence electrons. The van der Waals surface area contributed by atoms with Crippen molar-refractivity contribution in [2.24, 2.45) is 0 Å². The number of pyridine rings is 1. The van der Waals surface area contributed by atoms with E-state index in [1.165, 1.54) is 24.4 Å². The molecule has 2 saturated heterocycles. The van der Waals surface area contributed by atoms with Crippen LogP contribution in [0.25, 0.3) is 22.2 Å². The molecule has 0 amide bonds. The molecule has 2 fully saturated rings. The zero-order valence-electron chi connectivity index (χ0n) is 19.6. The molecule has 3 aromatic heterocycles. The molecule has 32 heavy (non-hydrogen) atoms. The minimum Gasteiger partial charge on any atom is -0.361 e. The predicted octanol–water partition coefficient (Wildman–Crippen LogP) is 3.82. The molecule has 0 bridgehead atoms. The van der Waals surface area contributed by atoms with Gasteiger partial charge >= 0.3 is 0 Å². The van der Waals surface area contributed by atoms with E-state index < -0.39 is 8.07 Å². The normalized spacial score (nSPS) is 19.0. The van der Waals surface area contributed by atoms with Crippen molar-refractivity contribution in [3.05, 3.63) is 36.9 Å². The van der Waals surface area contributed by atoms with Gasteiger partial charge < -0.3 is 14.6 Å². The molecule has 2 aliphatic rings. The number of piperidine rings is 1. The molecule has 0 radical (unpaired) electrons. The molecule has 0 saturated carbocycles. The molecule has 1 N–H and O–H groups in total. The second-order valence-corrected chi connectivity index (χ2v) is 16.1. The van der Waals surface area contributed by atoms with Crippen molar-refractivity contribution in [2.45, 2.75) is 57.3 Å². The lowest BCUT2D eigenvalue weighted by Gasteiger charge is -2.45. The Labute approximate surface area is 191 Å². The fourth-order valence-corrected chi connectivity index (χ4v) is 5.55. The topological polar surface area (TPSA) is 60.1 Å². The van der Waals surface area contributed by atoms with E-state index in [-0.39, 0.29) is 0 Å². The van der Waals surface area contributed by atoms with Crippen LogP contribution in [0.5, 0.6) is 0 Å². The summed E-state index contributed by atoms with van der Waals surface area (Å²) in [7, 11) is -1.07. The first-order valence-corrected chi connectivity index (χ1v) is 15.7. The molecule has 5 rings (SSSR count). The molecule has 7 nitrogen and oxygen atoms in total. The molecular weight excluding hydrogens is 416 g/mol. The molecule has 8 heteroatoms. The van der Waals surface area contributed by atoms with Crippen LogP contribution >= 0.6 is 0 Å². The Kier molecular flexibility index (Phi) is 6.20. The van der Waals surface area contributed by atoms with Crippen molar-refractivity contribution < 1.29 is 4.74 Å². The van der Waals surface area contributed by atoms with Gasteiger partial charge in [0.15, 0.2) is 0 Å². The molecule has 0 aromatic carbocycles.